The molecule has 27 heavy (non-hydrogen) atoms. The quantitative estimate of drug-likeness (QED) is 0.766. The molecular weight excluding hydrogens is 338 g/mol. The fourth-order valence-electron chi connectivity index (χ4n) is 4.72. The third kappa shape index (κ3) is 6.05. The van der Waals surface area contributed by atoms with Gasteiger partial charge in [-0.25, -0.2) is 0 Å². The van der Waals surface area contributed by atoms with E-state index in [-0.39, 0.29) is 17.9 Å². The molecule has 1 unspecified atom stereocenters. The van der Waals surface area contributed by atoms with Gasteiger partial charge in [0.1, 0.15) is 0 Å². The van der Waals surface area contributed by atoms with E-state index >= 15 is 0 Å². The first-order valence-electron chi connectivity index (χ1n) is 10.6. The summed E-state index contributed by atoms with van der Waals surface area (Å²) in [6.07, 6.45) is 11.7. The first-order chi connectivity index (χ1) is 13.1. The molecule has 0 saturated heterocycles. The number of aromatic nitrogens is 1. The maximum atomic E-state index is 12.7. The summed E-state index contributed by atoms with van der Waals surface area (Å²) >= 11 is 0. The van der Waals surface area contributed by atoms with Crippen molar-refractivity contribution in [1.82, 2.24) is 15.6 Å². The van der Waals surface area contributed by atoms with Crippen molar-refractivity contribution in [3.63, 3.8) is 0 Å². The van der Waals surface area contributed by atoms with Crippen LogP contribution in [0.2, 0.25) is 0 Å². The van der Waals surface area contributed by atoms with Crippen LogP contribution in [-0.2, 0) is 9.59 Å². The lowest BCUT2D eigenvalue weighted by Gasteiger charge is -2.34. The van der Waals surface area contributed by atoms with Gasteiger partial charge in [0.15, 0.2) is 0 Å². The summed E-state index contributed by atoms with van der Waals surface area (Å²) in [7, 11) is 0. The van der Waals surface area contributed by atoms with E-state index in [1.165, 1.54) is 25.7 Å². The molecule has 1 aromatic rings. The van der Waals surface area contributed by atoms with Crippen molar-refractivity contribution in [2.45, 2.75) is 70.8 Å². The predicted molar refractivity (Wildman–Crippen MR) is 106 cm³/mol. The monoisotopic (exact) mass is 371 g/mol. The Balaban J connectivity index is 1.59. The van der Waals surface area contributed by atoms with Crippen LogP contribution in [0.5, 0.6) is 0 Å². The maximum absolute atomic E-state index is 12.7. The maximum Gasteiger partial charge on any atom is 0.220 e. The van der Waals surface area contributed by atoms with Crippen LogP contribution in [0.4, 0.5) is 0 Å². The summed E-state index contributed by atoms with van der Waals surface area (Å²) in [5, 5.41) is 6.27. The fraction of sp³-hybridized carbons (Fsp3) is 0.682. The highest BCUT2D eigenvalue weighted by Crippen LogP contribution is 2.36. The molecule has 0 spiro atoms. The lowest BCUT2D eigenvalue weighted by atomic mass is 9.77. The molecule has 2 amide bonds. The van der Waals surface area contributed by atoms with Gasteiger partial charge in [0.2, 0.25) is 11.8 Å². The number of hydrogen-bond acceptors (Lipinski definition) is 3. The molecule has 2 N–H and O–H groups in total. The lowest BCUT2D eigenvalue weighted by molar-refractivity contribution is -0.123. The van der Waals surface area contributed by atoms with Crippen LogP contribution in [0.3, 0.4) is 0 Å². The number of rotatable bonds is 7. The summed E-state index contributed by atoms with van der Waals surface area (Å²) in [6.45, 7) is 2.34. The summed E-state index contributed by atoms with van der Waals surface area (Å²) < 4.78 is 0. The second-order valence-electron chi connectivity index (χ2n) is 8.37. The second-order valence-corrected chi connectivity index (χ2v) is 8.37. The molecule has 5 nitrogen and oxygen atoms in total. The minimum atomic E-state index is 0.00168. The van der Waals surface area contributed by atoms with Crippen molar-refractivity contribution in [2.75, 3.05) is 6.54 Å². The third-order valence-electron chi connectivity index (χ3n) is 6.27. The van der Waals surface area contributed by atoms with E-state index in [9.17, 15) is 9.59 Å². The van der Waals surface area contributed by atoms with Crippen LogP contribution in [-0.4, -0.2) is 23.3 Å². The third-order valence-corrected chi connectivity index (χ3v) is 6.27. The highest BCUT2D eigenvalue weighted by atomic mass is 16.2. The average molecular weight is 372 g/mol. The van der Waals surface area contributed by atoms with Gasteiger partial charge in [0, 0.05) is 26.1 Å². The molecule has 148 valence electrons. The zero-order valence-corrected chi connectivity index (χ0v) is 16.5. The Morgan fingerprint density at radius 1 is 1.07 bits per heavy atom. The van der Waals surface area contributed by atoms with Gasteiger partial charge >= 0.3 is 0 Å². The number of pyridine rings is 1. The molecule has 1 aromatic heterocycles. The molecule has 0 aliphatic heterocycles. The minimum absolute atomic E-state index is 0.00168. The summed E-state index contributed by atoms with van der Waals surface area (Å²) in [5.41, 5.74) is 0.975. The highest BCUT2D eigenvalue weighted by Gasteiger charge is 2.31. The van der Waals surface area contributed by atoms with Crippen LogP contribution < -0.4 is 10.6 Å². The normalized spacial score (nSPS) is 24.3. The molecule has 1 heterocycles. The molecule has 5 heteroatoms. The molecular formula is C22H33N3O2. The van der Waals surface area contributed by atoms with Gasteiger partial charge in [-0.1, -0.05) is 18.9 Å². The zero-order chi connectivity index (χ0) is 19.1. The van der Waals surface area contributed by atoms with E-state index in [0.29, 0.717) is 24.2 Å². The van der Waals surface area contributed by atoms with Crippen molar-refractivity contribution >= 4 is 11.8 Å². The van der Waals surface area contributed by atoms with Gasteiger partial charge in [-0.2, -0.15) is 0 Å². The number of amides is 2. The number of hydrogen-bond donors (Lipinski definition) is 2. The highest BCUT2D eigenvalue weighted by molar-refractivity contribution is 5.76. The predicted octanol–water partition coefficient (Wildman–Crippen LogP) is 3.76. The van der Waals surface area contributed by atoms with Gasteiger partial charge in [0.05, 0.1) is 11.7 Å². The van der Waals surface area contributed by atoms with Crippen molar-refractivity contribution in [1.29, 1.82) is 0 Å². The van der Waals surface area contributed by atoms with E-state index in [1.54, 1.807) is 6.92 Å². The van der Waals surface area contributed by atoms with E-state index < -0.39 is 0 Å². The van der Waals surface area contributed by atoms with Crippen LogP contribution >= 0.6 is 0 Å². The largest absolute Gasteiger partial charge is 0.356 e. The summed E-state index contributed by atoms with van der Waals surface area (Å²) in [4.78, 5) is 28.4. The Morgan fingerprint density at radius 3 is 2.44 bits per heavy atom. The van der Waals surface area contributed by atoms with Gasteiger partial charge < -0.3 is 10.6 Å². The Morgan fingerprint density at radius 2 is 1.81 bits per heavy atom. The molecule has 1 atom stereocenters. The number of nitrogens with zero attached hydrogens (tertiary/aromatic N) is 1. The average Bonchev–Trinajstić information content (AvgIpc) is 3.18. The number of carbonyl (C=O) groups is 2. The number of nitrogens with one attached hydrogen (secondary N) is 2. The van der Waals surface area contributed by atoms with Crippen LogP contribution in [0.25, 0.3) is 0 Å². The smallest absolute Gasteiger partial charge is 0.220 e. The standard InChI is InChI=1S/C22H33N3O2/c1-16(26)24-15-18-9-11-19(12-10-18)22(20-8-4-5-13-23-20)25-21(27)14-17-6-2-3-7-17/h4-5,8,13,17-19,22H,2-3,6-7,9-12,14-15H2,1H3,(H,24,26)(H,25,27). The van der Waals surface area contributed by atoms with E-state index in [1.807, 2.05) is 24.4 Å². The van der Waals surface area contributed by atoms with Crippen molar-refractivity contribution in [3.8, 4) is 0 Å². The number of carbonyl (C=O) groups excluding carboxylic acids is 2. The van der Waals surface area contributed by atoms with Gasteiger partial charge in [0.25, 0.3) is 0 Å². The van der Waals surface area contributed by atoms with Crippen molar-refractivity contribution in [2.24, 2.45) is 17.8 Å². The van der Waals surface area contributed by atoms with E-state index in [2.05, 4.69) is 15.6 Å². The molecule has 2 saturated carbocycles. The first kappa shape index (κ1) is 19.8. The van der Waals surface area contributed by atoms with E-state index in [0.717, 1.165) is 37.9 Å². The Labute approximate surface area is 162 Å². The zero-order valence-electron chi connectivity index (χ0n) is 16.5. The first-order valence-corrected chi connectivity index (χ1v) is 10.6. The molecule has 2 fully saturated rings. The van der Waals surface area contributed by atoms with Gasteiger partial charge in [-0.05, 0) is 68.4 Å². The van der Waals surface area contributed by atoms with Crippen molar-refractivity contribution < 1.29 is 9.59 Å². The molecule has 0 aromatic carbocycles. The van der Waals surface area contributed by atoms with Crippen LogP contribution in [0.1, 0.15) is 76.4 Å². The SMILES string of the molecule is CC(=O)NCC1CCC(C(NC(=O)CC2CCCC2)c2ccccn2)CC1. The minimum Gasteiger partial charge on any atom is -0.356 e. The van der Waals surface area contributed by atoms with Gasteiger partial charge in [-0.15, -0.1) is 0 Å². The molecule has 2 aliphatic rings. The van der Waals surface area contributed by atoms with Crippen LogP contribution in [0.15, 0.2) is 24.4 Å². The van der Waals surface area contributed by atoms with E-state index in [4.69, 9.17) is 0 Å². The Kier molecular flexibility index (Phi) is 7.25. The molecule has 0 bridgehead atoms. The topological polar surface area (TPSA) is 71.1 Å². The summed E-state index contributed by atoms with van der Waals surface area (Å²) in [6, 6.07) is 5.96. The Hall–Kier alpha value is -1.91. The molecule has 0 radical (unpaired) electrons. The molecule has 3 rings (SSSR count). The van der Waals surface area contributed by atoms with Crippen molar-refractivity contribution in [3.05, 3.63) is 30.1 Å². The second kappa shape index (κ2) is 9.86. The lowest BCUT2D eigenvalue weighted by Crippen LogP contribution is -2.37. The Bertz CT molecular complexity index is 605. The van der Waals surface area contributed by atoms with Gasteiger partial charge in [-0.3, -0.25) is 14.6 Å². The molecule has 2 aliphatic carbocycles. The fourth-order valence-corrected chi connectivity index (χ4v) is 4.72. The van der Waals surface area contributed by atoms with Crippen LogP contribution in [0, 0.1) is 17.8 Å². The summed E-state index contributed by atoms with van der Waals surface area (Å²) in [5.74, 6) is 1.74.